The van der Waals surface area contributed by atoms with E-state index in [1.54, 1.807) is 0 Å². The van der Waals surface area contributed by atoms with Crippen LogP contribution in [-0.4, -0.2) is 52.1 Å². The lowest BCUT2D eigenvalue weighted by Gasteiger charge is -2.19. The first-order valence-corrected chi connectivity index (χ1v) is 12.3. The minimum absolute atomic E-state index is 0.505. The normalized spacial score (nSPS) is 14.6. The van der Waals surface area contributed by atoms with E-state index in [-0.39, 0.29) is 0 Å². The average Bonchev–Trinajstić information content (AvgIpc) is 3.30. The number of rotatable bonds is 7. The van der Waals surface area contributed by atoms with Gasteiger partial charge in [0.2, 0.25) is 0 Å². The second-order valence-electron chi connectivity index (χ2n) is 8.43. The second-order valence-corrected chi connectivity index (χ2v) is 9.62. The number of anilines is 2. The van der Waals surface area contributed by atoms with Crippen LogP contribution in [0.15, 0.2) is 59.6 Å². The molecule has 4 aromatic rings. The van der Waals surface area contributed by atoms with Crippen LogP contribution in [0, 0.1) is 0 Å². The Kier molecular flexibility index (Phi) is 6.53. The molecule has 0 aliphatic carbocycles. The third kappa shape index (κ3) is 4.60. The van der Waals surface area contributed by atoms with Gasteiger partial charge in [-0.15, -0.1) is 0 Å². The van der Waals surface area contributed by atoms with Crippen LogP contribution in [-0.2, 0) is 4.79 Å². The van der Waals surface area contributed by atoms with E-state index in [1.165, 1.54) is 24.7 Å². The predicted octanol–water partition coefficient (Wildman–Crippen LogP) is 5.39. The van der Waals surface area contributed by atoms with Crippen molar-refractivity contribution >= 4 is 56.9 Å². The van der Waals surface area contributed by atoms with Gasteiger partial charge < -0.3 is 25.0 Å². The molecule has 0 bridgehead atoms. The number of nitrogens with one attached hydrogen (secondary N) is 1. The van der Waals surface area contributed by atoms with Crippen LogP contribution in [0.25, 0.3) is 21.2 Å². The number of hydrogen-bond acceptors (Lipinski definition) is 8. The van der Waals surface area contributed by atoms with E-state index in [1.807, 2.05) is 54.6 Å². The minimum atomic E-state index is -1.61. The van der Waals surface area contributed by atoms with Crippen molar-refractivity contribution in [1.82, 2.24) is 4.37 Å². The van der Waals surface area contributed by atoms with Gasteiger partial charge >= 0.3 is 5.97 Å². The molecule has 1 aliphatic rings. The Bertz CT molecular complexity index is 1490. The molecular weight excluding hydrogens is 502 g/mol. The molecule has 2 heterocycles. The van der Waals surface area contributed by atoms with Crippen molar-refractivity contribution in [2.75, 3.05) is 25.1 Å². The number of carboxylic acids is 1. The number of aromatic nitrogens is 1. The topological polar surface area (TPSA) is 113 Å². The second kappa shape index (κ2) is 9.77. The number of nitrogens with zero attached hydrogens (tertiary/aromatic N) is 2. The Morgan fingerprint density at radius 2 is 2.00 bits per heavy atom. The van der Waals surface area contributed by atoms with Gasteiger partial charge in [0, 0.05) is 17.2 Å². The van der Waals surface area contributed by atoms with Gasteiger partial charge in [-0.25, -0.2) is 4.79 Å². The summed E-state index contributed by atoms with van der Waals surface area (Å²) in [7, 11) is 0. The lowest BCUT2D eigenvalue weighted by molar-refractivity contribution is -0.143. The van der Waals surface area contributed by atoms with Crippen LogP contribution < -0.4 is 14.8 Å². The van der Waals surface area contributed by atoms with Gasteiger partial charge in [0.1, 0.15) is 13.2 Å². The maximum Gasteiger partial charge on any atom is 0.333 e. The first kappa shape index (κ1) is 24.1. The number of carboxylic acid groups (broad SMARTS) is 1. The van der Waals surface area contributed by atoms with Crippen LogP contribution in [0.2, 0.25) is 5.02 Å². The zero-order chi connectivity index (χ0) is 25.3. The zero-order valence-corrected chi connectivity index (χ0v) is 20.8. The Labute approximate surface area is 216 Å². The van der Waals surface area contributed by atoms with Gasteiger partial charge in [0.05, 0.1) is 22.0 Å². The fourth-order valence-corrected chi connectivity index (χ4v) is 4.70. The Hall–Kier alpha value is -3.66. The number of fused-ring (bicyclic) bond motifs is 2. The number of aliphatic carboxylic acids is 1. The van der Waals surface area contributed by atoms with Gasteiger partial charge in [0.15, 0.2) is 22.9 Å². The van der Waals surface area contributed by atoms with Gasteiger partial charge in [-0.3, -0.25) is 4.99 Å². The maximum atomic E-state index is 11.4. The number of aliphatic hydroxyl groups is 1. The molecule has 0 spiro atoms. The maximum absolute atomic E-state index is 11.4. The van der Waals surface area contributed by atoms with E-state index in [0.717, 1.165) is 21.2 Å². The van der Waals surface area contributed by atoms with Crippen molar-refractivity contribution in [3.8, 4) is 22.6 Å². The molecule has 1 aliphatic heterocycles. The SMILES string of the molecule is CC(CO)(N=Cc1ccc2snc(Nc3cccc(-c4ccc5c(c4)OCCO5)c3Cl)c2c1)C(=O)O. The van der Waals surface area contributed by atoms with E-state index < -0.39 is 18.1 Å². The highest BCUT2D eigenvalue weighted by atomic mass is 35.5. The molecule has 0 radical (unpaired) electrons. The Morgan fingerprint density at radius 1 is 1.19 bits per heavy atom. The van der Waals surface area contributed by atoms with Gasteiger partial charge in [0.25, 0.3) is 0 Å². The molecule has 3 N–H and O–H groups in total. The molecule has 3 aromatic carbocycles. The number of benzene rings is 3. The largest absolute Gasteiger partial charge is 0.486 e. The molecule has 10 heteroatoms. The molecule has 8 nitrogen and oxygen atoms in total. The van der Waals surface area contributed by atoms with Crippen molar-refractivity contribution < 1.29 is 24.5 Å². The van der Waals surface area contributed by atoms with E-state index >= 15 is 0 Å². The molecule has 1 unspecified atom stereocenters. The Balaban J connectivity index is 1.45. The quantitative estimate of drug-likeness (QED) is 0.278. The summed E-state index contributed by atoms with van der Waals surface area (Å²) in [6.45, 7) is 1.79. The zero-order valence-electron chi connectivity index (χ0n) is 19.2. The third-order valence-electron chi connectivity index (χ3n) is 5.87. The molecule has 36 heavy (non-hydrogen) atoms. The van der Waals surface area contributed by atoms with Gasteiger partial charge in [-0.1, -0.05) is 35.9 Å². The molecular formula is C26H22ClN3O5S. The van der Waals surface area contributed by atoms with Crippen molar-refractivity contribution in [3.05, 3.63) is 65.2 Å². The van der Waals surface area contributed by atoms with Crippen LogP contribution in [0.3, 0.4) is 0 Å². The molecule has 1 atom stereocenters. The smallest absolute Gasteiger partial charge is 0.333 e. The fourth-order valence-electron chi connectivity index (χ4n) is 3.70. The monoisotopic (exact) mass is 523 g/mol. The summed E-state index contributed by atoms with van der Waals surface area (Å²) in [6.07, 6.45) is 1.45. The molecule has 0 amide bonds. The number of aliphatic hydroxyl groups excluding tert-OH is 1. The molecule has 1 aromatic heterocycles. The number of ether oxygens (including phenoxy) is 2. The Morgan fingerprint density at radius 3 is 2.78 bits per heavy atom. The minimum Gasteiger partial charge on any atom is -0.486 e. The van der Waals surface area contributed by atoms with Crippen LogP contribution >= 0.6 is 23.1 Å². The summed E-state index contributed by atoms with van der Waals surface area (Å²) < 4.78 is 16.8. The molecule has 0 saturated carbocycles. The number of carbonyl (C=O) groups is 1. The van der Waals surface area contributed by atoms with Crippen LogP contribution in [0.5, 0.6) is 11.5 Å². The molecule has 0 fully saturated rings. The third-order valence-corrected chi connectivity index (χ3v) is 7.10. The number of halogens is 1. The first-order chi connectivity index (χ1) is 17.4. The molecule has 184 valence electrons. The standard InChI is InChI=1S/C26H22ClN3O5S/c1-26(14-31,25(32)33)28-13-15-5-8-22-18(11-15)24(30-36-22)29-19-4-2-3-17(23(19)27)16-6-7-20-21(12-16)35-10-9-34-20/h2-8,11-13,31H,9-10,14H2,1H3,(H,29,30)(H,32,33). The fraction of sp³-hybridized carbons (Fsp3) is 0.192. The first-order valence-electron chi connectivity index (χ1n) is 11.1. The summed E-state index contributed by atoms with van der Waals surface area (Å²) >= 11 is 8.14. The van der Waals surface area contributed by atoms with Crippen molar-refractivity contribution in [1.29, 1.82) is 0 Å². The summed E-state index contributed by atoms with van der Waals surface area (Å²) in [5, 5.41) is 23.5. The van der Waals surface area contributed by atoms with E-state index in [9.17, 15) is 15.0 Å². The van der Waals surface area contributed by atoms with E-state index in [4.69, 9.17) is 21.1 Å². The summed E-state index contributed by atoms with van der Waals surface area (Å²) in [4.78, 5) is 15.5. The van der Waals surface area contributed by atoms with Crippen LogP contribution in [0.4, 0.5) is 11.5 Å². The number of hydrogen-bond donors (Lipinski definition) is 3. The highest BCUT2D eigenvalue weighted by Crippen LogP contribution is 2.40. The lowest BCUT2D eigenvalue weighted by atomic mass is 10.0. The van der Waals surface area contributed by atoms with Crippen molar-refractivity contribution in [3.63, 3.8) is 0 Å². The van der Waals surface area contributed by atoms with Crippen LogP contribution in [0.1, 0.15) is 12.5 Å². The van der Waals surface area contributed by atoms with E-state index in [2.05, 4.69) is 14.7 Å². The summed E-state index contributed by atoms with van der Waals surface area (Å²) in [5.41, 5.74) is 1.50. The summed E-state index contributed by atoms with van der Waals surface area (Å²) in [5.74, 6) is 0.823. The van der Waals surface area contributed by atoms with Gasteiger partial charge in [-0.2, -0.15) is 4.37 Å². The highest BCUT2D eigenvalue weighted by Gasteiger charge is 2.31. The van der Waals surface area contributed by atoms with E-state index in [0.29, 0.717) is 46.8 Å². The van der Waals surface area contributed by atoms with Gasteiger partial charge in [-0.05, 0) is 59.9 Å². The predicted molar refractivity (Wildman–Crippen MR) is 142 cm³/mol. The lowest BCUT2D eigenvalue weighted by Crippen LogP contribution is -2.37. The molecule has 5 rings (SSSR count). The number of aliphatic imine (C=N–C) groups is 1. The van der Waals surface area contributed by atoms with Crippen molar-refractivity contribution in [2.45, 2.75) is 12.5 Å². The highest BCUT2D eigenvalue weighted by molar-refractivity contribution is 7.13. The molecule has 0 saturated heterocycles. The average molecular weight is 524 g/mol. The summed E-state index contributed by atoms with van der Waals surface area (Å²) in [6, 6.07) is 17.0. The van der Waals surface area contributed by atoms with Crippen molar-refractivity contribution in [2.24, 2.45) is 4.99 Å².